The Kier molecular flexibility index (Phi) is 9.67. The Labute approximate surface area is 243 Å². The Balaban J connectivity index is 1.82. The minimum atomic E-state index is -4.29. The molecule has 3 heterocycles. The van der Waals surface area contributed by atoms with Crippen LogP contribution >= 0.6 is 0 Å². The van der Waals surface area contributed by atoms with Gasteiger partial charge in [0.05, 0.1) is 27.4 Å². The summed E-state index contributed by atoms with van der Waals surface area (Å²) in [5, 5.41) is 26.3. The van der Waals surface area contributed by atoms with E-state index in [0.29, 0.717) is 22.7 Å². The van der Waals surface area contributed by atoms with E-state index in [0.717, 1.165) is 11.1 Å². The number of hydrogen-bond acceptors (Lipinski definition) is 12. The summed E-state index contributed by atoms with van der Waals surface area (Å²) in [5.74, 6) is 0.955. The second-order valence-electron chi connectivity index (χ2n) is 9.51. The van der Waals surface area contributed by atoms with Crippen molar-refractivity contribution in [3.8, 4) is 28.6 Å². The quantitative estimate of drug-likeness (QED) is 0.203. The van der Waals surface area contributed by atoms with Crippen molar-refractivity contribution in [1.82, 2.24) is 29.7 Å². The molecule has 1 aromatic carbocycles. The first-order valence-electron chi connectivity index (χ1n) is 12.9. The first-order valence-corrected chi connectivity index (χ1v) is 14.4. The Bertz CT molecular complexity index is 1590. The maximum Gasteiger partial charge on any atom is 0.243 e. The van der Waals surface area contributed by atoms with E-state index in [1.165, 1.54) is 38.1 Å². The SMILES string of the molecule is COc1cccc(OC)c1-n1c(NS(=O)(=O)[C@@H](C)[C@H](OC[C@H](O)CO)c2ncc(C)cn2)nnc1-c1cncc(C)c1. The predicted molar refractivity (Wildman–Crippen MR) is 153 cm³/mol. The van der Waals surface area contributed by atoms with Crippen LogP contribution < -0.4 is 14.2 Å². The first kappa shape index (κ1) is 30.8. The number of aryl methyl sites for hydroxylation is 2. The van der Waals surface area contributed by atoms with Gasteiger partial charge >= 0.3 is 0 Å². The summed E-state index contributed by atoms with van der Waals surface area (Å²) in [7, 11) is -1.33. The van der Waals surface area contributed by atoms with E-state index in [1.807, 2.05) is 13.0 Å². The van der Waals surface area contributed by atoms with Crippen LogP contribution in [0.5, 0.6) is 11.5 Å². The van der Waals surface area contributed by atoms with Crippen LogP contribution in [-0.4, -0.2) is 87.1 Å². The number of anilines is 1. The van der Waals surface area contributed by atoms with Crippen molar-refractivity contribution in [2.75, 3.05) is 32.2 Å². The highest BCUT2D eigenvalue weighted by Gasteiger charge is 2.36. The molecule has 0 bridgehead atoms. The lowest BCUT2D eigenvalue weighted by molar-refractivity contribution is -0.0324. The van der Waals surface area contributed by atoms with Crippen LogP contribution in [-0.2, 0) is 14.8 Å². The van der Waals surface area contributed by atoms with Gasteiger partial charge in [0.1, 0.15) is 34.6 Å². The van der Waals surface area contributed by atoms with Crippen molar-refractivity contribution >= 4 is 16.0 Å². The zero-order valence-corrected chi connectivity index (χ0v) is 24.6. The van der Waals surface area contributed by atoms with E-state index >= 15 is 0 Å². The molecule has 0 saturated heterocycles. The van der Waals surface area contributed by atoms with Gasteiger partial charge in [0, 0.05) is 30.4 Å². The van der Waals surface area contributed by atoms with Gasteiger partial charge in [0.25, 0.3) is 0 Å². The van der Waals surface area contributed by atoms with E-state index in [9.17, 15) is 18.6 Å². The van der Waals surface area contributed by atoms with Gasteiger partial charge < -0.3 is 24.4 Å². The summed E-state index contributed by atoms with van der Waals surface area (Å²) in [6, 6.07) is 6.96. The van der Waals surface area contributed by atoms with Crippen molar-refractivity contribution in [1.29, 1.82) is 0 Å². The largest absolute Gasteiger partial charge is 0.494 e. The predicted octanol–water partition coefficient (Wildman–Crippen LogP) is 1.99. The van der Waals surface area contributed by atoms with Gasteiger partial charge in [-0.1, -0.05) is 6.07 Å². The normalized spacial score (nSPS) is 13.8. The molecule has 0 unspecified atom stereocenters. The van der Waals surface area contributed by atoms with E-state index in [1.54, 1.807) is 37.5 Å². The number of aromatic nitrogens is 6. The first-order chi connectivity index (χ1) is 20.1. The molecule has 0 aliphatic carbocycles. The number of aliphatic hydroxyl groups is 2. The van der Waals surface area contributed by atoms with Crippen LogP contribution in [0.25, 0.3) is 17.1 Å². The van der Waals surface area contributed by atoms with E-state index < -0.39 is 34.1 Å². The zero-order chi connectivity index (χ0) is 30.4. The lowest BCUT2D eigenvalue weighted by Gasteiger charge is -2.25. The van der Waals surface area contributed by atoms with Gasteiger partial charge in [-0.05, 0) is 50.1 Å². The topological polar surface area (TPSA) is 184 Å². The number of nitrogens with zero attached hydrogens (tertiary/aromatic N) is 6. The Morgan fingerprint density at radius 2 is 1.67 bits per heavy atom. The molecule has 3 atom stereocenters. The Hall–Kier alpha value is -4.18. The number of hydrogen-bond donors (Lipinski definition) is 3. The van der Waals surface area contributed by atoms with E-state index in [-0.39, 0.29) is 24.2 Å². The number of para-hydroxylation sites is 1. The molecule has 3 aromatic heterocycles. The minimum Gasteiger partial charge on any atom is -0.494 e. The van der Waals surface area contributed by atoms with Crippen molar-refractivity contribution < 1.29 is 32.8 Å². The van der Waals surface area contributed by atoms with Gasteiger partial charge in [-0.3, -0.25) is 14.3 Å². The van der Waals surface area contributed by atoms with Crippen LogP contribution in [0, 0.1) is 13.8 Å². The summed E-state index contributed by atoms with van der Waals surface area (Å²) >= 11 is 0. The molecule has 42 heavy (non-hydrogen) atoms. The number of methoxy groups -OCH3 is 2. The molecule has 4 aromatic rings. The highest BCUT2D eigenvalue weighted by atomic mass is 32.2. The fourth-order valence-corrected chi connectivity index (χ4v) is 5.20. The summed E-state index contributed by atoms with van der Waals surface area (Å²) in [4.78, 5) is 12.7. The van der Waals surface area contributed by atoms with Crippen molar-refractivity contribution in [3.05, 3.63) is 66.0 Å². The molecule has 14 nitrogen and oxygen atoms in total. The number of nitrogens with one attached hydrogen (secondary N) is 1. The van der Waals surface area contributed by atoms with E-state index in [2.05, 4.69) is 29.9 Å². The van der Waals surface area contributed by atoms with Crippen LogP contribution in [0.1, 0.15) is 30.0 Å². The number of rotatable bonds is 13. The van der Waals surface area contributed by atoms with E-state index in [4.69, 9.17) is 14.2 Å². The van der Waals surface area contributed by atoms with Gasteiger partial charge in [0.15, 0.2) is 11.6 Å². The maximum atomic E-state index is 13.9. The third kappa shape index (κ3) is 6.65. The molecule has 0 spiro atoms. The number of pyridine rings is 1. The fourth-order valence-electron chi connectivity index (χ4n) is 4.10. The average Bonchev–Trinajstić information content (AvgIpc) is 3.39. The molecule has 3 N–H and O–H groups in total. The number of aliphatic hydroxyl groups excluding tert-OH is 2. The zero-order valence-electron chi connectivity index (χ0n) is 23.8. The van der Waals surface area contributed by atoms with Gasteiger partial charge in [-0.2, -0.15) is 0 Å². The lowest BCUT2D eigenvalue weighted by Crippen LogP contribution is -2.35. The minimum absolute atomic E-state index is 0.0861. The molecule has 15 heteroatoms. The molecule has 0 aliphatic rings. The maximum absolute atomic E-state index is 13.9. The smallest absolute Gasteiger partial charge is 0.243 e. The van der Waals surface area contributed by atoms with Crippen molar-refractivity contribution in [2.24, 2.45) is 0 Å². The van der Waals surface area contributed by atoms with Crippen LogP contribution in [0.2, 0.25) is 0 Å². The monoisotopic (exact) mass is 599 g/mol. The summed E-state index contributed by atoms with van der Waals surface area (Å²) < 4.78 is 48.7. The van der Waals surface area contributed by atoms with Crippen LogP contribution in [0.3, 0.4) is 0 Å². The fraction of sp³-hybridized carbons (Fsp3) is 0.370. The lowest BCUT2D eigenvalue weighted by atomic mass is 10.2. The Morgan fingerprint density at radius 3 is 2.26 bits per heavy atom. The highest BCUT2D eigenvalue weighted by Crippen LogP contribution is 2.38. The molecule has 0 amide bonds. The second kappa shape index (κ2) is 13.2. The van der Waals surface area contributed by atoms with Crippen molar-refractivity contribution in [2.45, 2.75) is 38.2 Å². The molecule has 224 valence electrons. The second-order valence-corrected chi connectivity index (χ2v) is 11.5. The molecule has 0 radical (unpaired) electrons. The molecule has 0 aliphatic heterocycles. The van der Waals surface area contributed by atoms with Crippen molar-refractivity contribution in [3.63, 3.8) is 0 Å². The van der Waals surface area contributed by atoms with Gasteiger partial charge in [-0.15, -0.1) is 10.2 Å². The average molecular weight is 600 g/mol. The van der Waals surface area contributed by atoms with Gasteiger partial charge in [-0.25, -0.2) is 18.4 Å². The van der Waals surface area contributed by atoms with Gasteiger partial charge in [0.2, 0.25) is 16.0 Å². The summed E-state index contributed by atoms with van der Waals surface area (Å²) in [6.45, 7) is 4.15. The summed E-state index contributed by atoms with van der Waals surface area (Å²) in [5.41, 5.74) is 2.54. The molecular formula is C27H33N7O7S. The third-order valence-corrected chi connectivity index (χ3v) is 8.00. The number of sulfonamides is 1. The summed E-state index contributed by atoms with van der Waals surface area (Å²) in [6.07, 6.45) is 3.89. The Morgan fingerprint density at radius 1 is 1.00 bits per heavy atom. The number of benzene rings is 1. The molecule has 0 saturated carbocycles. The molecule has 4 rings (SSSR count). The molecular weight excluding hydrogens is 566 g/mol. The molecule has 0 fully saturated rings. The van der Waals surface area contributed by atoms with Crippen LogP contribution in [0.4, 0.5) is 5.95 Å². The standard InChI is InChI=1S/C27H33N7O7S/c1-16-9-19(13-28-10-16)26-31-32-27(34(26)23-21(39-4)7-6-8-22(23)40-5)33-42(37,38)18(3)24(41-15-20(36)14-35)25-29-11-17(2)12-30-25/h6-13,18,20,24,35-36H,14-15H2,1-5H3,(H,32,33)/t18-,20+,24-/m0/s1. The highest BCUT2D eigenvalue weighted by molar-refractivity contribution is 7.93. The third-order valence-electron chi connectivity index (χ3n) is 6.31. The van der Waals surface area contributed by atoms with Crippen LogP contribution in [0.15, 0.2) is 49.1 Å². The number of ether oxygens (including phenoxy) is 3.